The van der Waals surface area contributed by atoms with Crippen LogP contribution in [0, 0.1) is 5.92 Å². The molecule has 38 heavy (non-hydrogen) atoms. The molecule has 3 heterocycles. The van der Waals surface area contributed by atoms with E-state index in [2.05, 4.69) is 4.98 Å². The van der Waals surface area contributed by atoms with E-state index in [0.717, 1.165) is 35.9 Å². The van der Waals surface area contributed by atoms with Crippen LogP contribution in [0.3, 0.4) is 0 Å². The third-order valence-corrected chi connectivity index (χ3v) is 6.74. The van der Waals surface area contributed by atoms with Crippen molar-refractivity contribution < 1.29 is 41.8 Å². The van der Waals surface area contributed by atoms with Crippen LogP contribution < -0.4 is 0 Å². The fourth-order valence-corrected chi connectivity index (χ4v) is 4.67. The lowest BCUT2D eigenvalue weighted by Crippen LogP contribution is -2.51. The number of nitrogens with zero attached hydrogens (tertiary/aromatic N) is 2. The Morgan fingerprint density at radius 3 is 2.21 bits per heavy atom. The third-order valence-electron chi connectivity index (χ3n) is 5.21. The molecule has 1 aliphatic heterocycles. The average Bonchev–Trinajstić information content (AvgIpc) is 3.33. The first-order chi connectivity index (χ1) is 17.8. The van der Waals surface area contributed by atoms with E-state index in [4.69, 9.17) is 5.11 Å². The van der Waals surface area contributed by atoms with Gasteiger partial charge in [0.05, 0.1) is 21.9 Å². The van der Waals surface area contributed by atoms with Gasteiger partial charge in [-0.2, -0.15) is 22.0 Å². The second-order valence-electron chi connectivity index (χ2n) is 7.65. The zero-order chi connectivity index (χ0) is 29.7. The number of halogens is 5. The van der Waals surface area contributed by atoms with Gasteiger partial charge in [0.1, 0.15) is 5.75 Å². The van der Waals surface area contributed by atoms with Crippen molar-refractivity contribution in [2.75, 3.05) is 6.54 Å². The second-order valence-corrected chi connectivity index (χ2v) is 9.29. The molecule has 0 spiro atoms. The average molecular weight is 587 g/mol. The Morgan fingerprint density at radius 1 is 1.18 bits per heavy atom. The highest BCUT2D eigenvalue weighted by molar-refractivity contribution is 7.20. The van der Waals surface area contributed by atoms with Gasteiger partial charge in [-0.3, -0.25) is 14.6 Å². The van der Waals surface area contributed by atoms with Crippen LogP contribution in [0.2, 0.25) is 0 Å². The van der Waals surface area contributed by atoms with Crippen molar-refractivity contribution in [1.29, 1.82) is 0 Å². The standard InChI is InChI=1S/C16H19F3N2O3.C5H5F2OPS.2C2H6/c1-2-4-13-10(15(23)24)5-3-8-21(13)14(22)11-9-20-7-6-12(11)16(17,18)19;6-5(7,9)4-1-3(8)2-10-4;2*1-2/h6-7,9-10,13H,2-5,8H2,1H3,(H,23,24);1-2,8H,9H2;2*1-2H3. The molecule has 216 valence electrons. The van der Waals surface area contributed by atoms with E-state index in [1.54, 1.807) is 0 Å². The Kier molecular flexibility index (Phi) is 15.6. The lowest BCUT2D eigenvalue weighted by Gasteiger charge is -2.40. The summed E-state index contributed by atoms with van der Waals surface area (Å²) in [4.78, 5) is 28.9. The van der Waals surface area contributed by atoms with Crippen molar-refractivity contribution in [3.8, 4) is 5.75 Å². The minimum absolute atomic E-state index is 0.109. The molecule has 0 radical (unpaired) electrons. The number of pyridine rings is 1. The van der Waals surface area contributed by atoms with Crippen LogP contribution in [0.4, 0.5) is 22.0 Å². The fraction of sp³-hybridized carbons (Fsp3) is 0.560. The number of hydrogen-bond donors (Lipinski definition) is 2. The molecule has 0 saturated carbocycles. The molecule has 0 aromatic carbocycles. The number of carbonyl (C=O) groups excluding carboxylic acids is 1. The van der Waals surface area contributed by atoms with Crippen LogP contribution in [0.1, 0.15) is 81.1 Å². The van der Waals surface area contributed by atoms with Crippen LogP contribution >= 0.6 is 20.6 Å². The van der Waals surface area contributed by atoms with E-state index >= 15 is 0 Å². The minimum Gasteiger partial charge on any atom is -0.507 e. The quantitative estimate of drug-likeness (QED) is 0.278. The molecule has 3 atom stereocenters. The van der Waals surface area contributed by atoms with Gasteiger partial charge >= 0.3 is 12.1 Å². The van der Waals surface area contributed by atoms with Gasteiger partial charge in [0.2, 0.25) is 0 Å². The zero-order valence-corrected chi connectivity index (χ0v) is 24.0. The van der Waals surface area contributed by atoms with Crippen LogP contribution in [0.5, 0.6) is 5.75 Å². The molecule has 1 fully saturated rings. The van der Waals surface area contributed by atoms with Gasteiger partial charge in [-0.1, -0.05) is 50.3 Å². The van der Waals surface area contributed by atoms with Gasteiger partial charge in [-0.05, 0) is 25.3 Å². The first-order valence-corrected chi connectivity index (χ1v) is 13.7. The maximum atomic E-state index is 13.1. The number of carboxylic acid groups (broad SMARTS) is 1. The van der Waals surface area contributed by atoms with Gasteiger partial charge < -0.3 is 15.1 Å². The van der Waals surface area contributed by atoms with E-state index in [-0.39, 0.29) is 17.2 Å². The number of rotatable bonds is 5. The molecule has 2 aromatic heterocycles. The normalized spacial score (nSPS) is 17.1. The van der Waals surface area contributed by atoms with Crippen molar-refractivity contribution in [3.63, 3.8) is 0 Å². The highest BCUT2D eigenvalue weighted by Crippen LogP contribution is 2.40. The van der Waals surface area contributed by atoms with E-state index < -0.39 is 46.8 Å². The monoisotopic (exact) mass is 586 g/mol. The number of likely N-dealkylation sites (tertiary alicyclic amines) is 1. The molecule has 2 aromatic rings. The van der Waals surface area contributed by atoms with Crippen LogP contribution in [-0.2, 0) is 16.6 Å². The van der Waals surface area contributed by atoms with Gasteiger partial charge in [0.25, 0.3) is 11.6 Å². The number of carbonyl (C=O) groups is 2. The maximum absolute atomic E-state index is 13.1. The molecule has 0 aliphatic carbocycles. The number of aliphatic carboxylic acids is 1. The summed E-state index contributed by atoms with van der Waals surface area (Å²) in [6, 6.07) is 1.22. The molecule has 3 unspecified atom stereocenters. The van der Waals surface area contributed by atoms with Gasteiger partial charge in [0, 0.05) is 36.4 Å². The highest BCUT2D eigenvalue weighted by Gasteiger charge is 2.41. The topological polar surface area (TPSA) is 90.7 Å². The summed E-state index contributed by atoms with van der Waals surface area (Å²) in [6.07, 6.45) is -0.844. The number of piperidine rings is 1. The van der Waals surface area contributed by atoms with E-state index in [9.17, 15) is 36.6 Å². The van der Waals surface area contributed by atoms with Gasteiger partial charge in [-0.15, -0.1) is 11.3 Å². The molecule has 2 N–H and O–H groups in total. The van der Waals surface area contributed by atoms with Crippen molar-refractivity contribution in [2.24, 2.45) is 5.92 Å². The second kappa shape index (κ2) is 16.6. The van der Waals surface area contributed by atoms with Crippen molar-refractivity contribution in [2.45, 2.75) is 78.2 Å². The number of carboxylic acids is 1. The molecule has 1 saturated heterocycles. The predicted octanol–water partition coefficient (Wildman–Crippen LogP) is 7.64. The first kappa shape index (κ1) is 35.7. The molecular weight excluding hydrogens is 550 g/mol. The fourth-order valence-electron chi connectivity index (χ4n) is 3.72. The SMILES string of the molecule is CC.CC.CCCC1C(C(=O)O)CCCN1C(=O)c1cnccc1C(F)(F)F.Oc1csc(C(F)(F)P)c1. The lowest BCUT2D eigenvalue weighted by atomic mass is 9.86. The van der Waals surface area contributed by atoms with Gasteiger partial charge in [0.15, 0.2) is 0 Å². The van der Waals surface area contributed by atoms with Crippen molar-refractivity contribution in [3.05, 3.63) is 45.9 Å². The smallest absolute Gasteiger partial charge is 0.417 e. The van der Waals surface area contributed by atoms with Crippen molar-refractivity contribution in [1.82, 2.24) is 9.88 Å². The number of alkyl halides is 5. The molecule has 1 aliphatic rings. The lowest BCUT2D eigenvalue weighted by molar-refractivity contribution is -0.145. The number of hydrogen-bond acceptors (Lipinski definition) is 5. The maximum Gasteiger partial charge on any atom is 0.417 e. The summed E-state index contributed by atoms with van der Waals surface area (Å²) in [5, 5.41) is 19.3. The summed E-state index contributed by atoms with van der Waals surface area (Å²) in [6.45, 7) is 10.1. The first-order valence-electron chi connectivity index (χ1n) is 12.3. The van der Waals surface area contributed by atoms with Gasteiger partial charge in [-0.25, -0.2) is 0 Å². The molecular formula is C25H36F5N2O4PS. The molecule has 6 nitrogen and oxygen atoms in total. The Hall–Kier alpha value is -2.33. The zero-order valence-electron chi connectivity index (χ0n) is 22.1. The van der Waals surface area contributed by atoms with Crippen LogP contribution in [0.25, 0.3) is 0 Å². The van der Waals surface area contributed by atoms with Crippen molar-refractivity contribution >= 4 is 32.5 Å². The largest absolute Gasteiger partial charge is 0.507 e. The molecule has 0 bridgehead atoms. The predicted molar refractivity (Wildman–Crippen MR) is 142 cm³/mol. The molecule has 1 amide bonds. The summed E-state index contributed by atoms with van der Waals surface area (Å²) >= 11 is 0.836. The third kappa shape index (κ3) is 10.4. The Labute approximate surface area is 226 Å². The Balaban J connectivity index is 0.000000813. The number of amides is 1. The summed E-state index contributed by atoms with van der Waals surface area (Å²) < 4.78 is 64.1. The summed E-state index contributed by atoms with van der Waals surface area (Å²) in [5.74, 6) is -2.69. The van der Waals surface area contributed by atoms with E-state index in [1.807, 2.05) is 34.6 Å². The Bertz CT molecular complexity index is 999. The summed E-state index contributed by atoms with van der Waals surface area (Å²) in [7, 11) is 1.41. The molecule has 3 rings (SSSR count). The van der Waals surface area contributed by atoms with E-state index in [1.165, 1.54) is 19.5 Å². The number of thiophene rings is 1. The molecule has 13 heteroatoms. The minimum atomic E-state index is -4.67. The summed E-state index contributed by atoms with van der Waals surface area (Å²) in [5.41, 5.74) is -4.49. The van der Waals surface area contributed by atoms with Crippen LogP contribution in [0.15, 0.2) is 29.9 Å². The number of aromatic nitrogens is 1. The van der Waals surface area contributed by atoms with E-state index in [0.29, 0.717) is 25.7 Å². The van der Waals surface area contributed by atoms with Crippen LogP contribution in [-0.4, -0.2) is 44.6 Å². The number of aromatic hydroxyl groups is 1. The highest BCUT2D eigenvalue weighted by atomic mass is 32.1. The Morgan fingerprint density at radius 2 is 1.79 bits per heavy atom.